The van der Waals surface area contributed by atoms with Crippen LogP contribution in [-0.2, 0) is 0 Å². The first kappa shape index (κ1) is 28.6. The molecule has 0 aliphatic carbocycles. The number of benzene rings is 7. The lowest BCUT2D eigenvalue weighted by atomic mass is 9.99. The number of para-hydroxylation sites is 2. The predicted octanol–water partition coefficient (Wildman–Crippen LogP) is 12.0. The molecular weight excluding hydrogens is 629 g/mol. The van der Waals surface area contributed by atoms with Crippen LogP contribution in [0.4, 0.5) is 0 Å². The van der Waals surface area contributed by atoms with Crippen molar-refractivity contribution in [3.63, 3.8) is 0 Å². The number of nitrogens with zero attached hydrogens (tertiary/aromatic N) is 4. The van der Waals surface area contributed by atoms with E-state index in [9.17, 15) is 0 Å². The van der Waals surface area contributed by atoms with Gasteiger partial charge in [-0.2, -0.15) is 0 Å². The highest BCUT2D eigenvalue weighted by Gasteiger charge is 2.18. The van der Waals surface area contributed by atoms with Gasteiger partial charge in [0.05, 0.1) is 11.0 Å². The molecule has 0 aliphatic heterocycles. The van der Waals surface area contributed by atoms with Crippen LogP contribution in [0.1, 0.15) is 0 Å². The Labute approximate surface area is 292 Å². The van der Waals surface area contributed by atoms with Gasteiger partial charge in [-0.1, -0.05) is 133 Å². The second-order valence-corrected chi connectivity index (χ2v) is 13.5. The van der Waals surface area contributed by atoms with Crippen LogP contribution in [0.2, 0.25) is 0 Å². The quantitative estimate of drug-likeness (QED) is 0.185. The Hall–Kier alpha value is -6.43. The fourth-order valence-corrected chi connectivity index (χ4v) is 8.34. The number of hydrogen-bond acceptors (Lipinski definition) is 4. The van der Waals surface area contributed by atoms with Crippen molar-refractivity contribution in [2.45, 2.75) is 0 Å². The summed E-state index contributed by atoms with van der Waals surface area (Å²) in [5.74, 6) is 1.95. The van der Waals surface area contributed by atoms with Gasteiger partial charge in [-0.05, 0) is 42.0 Å². The molecule has 234 valence electrons. The zero-order chi connectivity index (χ0) is 33.0. The summed E-state index contributed by atoms with van der Waals surface area (Å²) in [7, 11) is 0. The first-order valence-corrected chi connectivity index (χ1v) is 17.5. The maximum atomic E-state index is 5.03. The van der Waals surface area contributed by atoms with Gasteiger partial charge in [0, 0.05) is 58.9 Å². The molecule has 0 amide bonds. The van der Waals surface area contributed by atoms with Crippen LogP contribution >= 0.6 is 11.3 Å². The zero-order valence-electron chi connectivity index (χ0n) is 26.9. The van der Waals surface area contributed by atoms with E-state index in [2.05, 4.69) is 114 Å². The van der Waals surface area contributed by atoms with Gasteiger partial charge in [-0.3, -0.25) is 0 Å². The van der Waals surface area contributed by atoms with Gasteiger partial charge in [0.2, 0.25) is 0 Å². The highest BCUT2D eigenvalue weighted by atomic mass is 32.1. The van der Waals surface area contributed by atoms with Crippen molar-refractivity contribution in [2.75, 3.05) is 0 Å². The summed E-state index contributed by atoms with van der Waals surface area (Å²) in [6, 6.07) is 59.7. The van der Waals surface area contributed by atoms with Crippen LogP contribution in [0, 0.1) is 0 Å². The van der Waals surface area contributed by atoms with E-state index in [1.807, 2.05) is 72.0 Å². The molecule has 0 fully saturated rings. The van der Waals surface area contributed by atoms with Gasteiger partial charge in [-0.15, -0.1) is 11.3 Å². The van der Waals surface area contributed by atoms with Gasteiger partial charge in [0.25, 0.3) is 0 Å². The van der Waals surface area contributed by atoms with Crippen LogP contribution in [0.5, 0.6) is 0 Å². The third-order valence-corrected chi connectivity index (χ3v) is 10.7. The van der Waals surface area contributed by atoms with Gasteiger partial charge >= 0.3 is 0 Å². The topological polar surface area (TPSA) is 43.6 Å². The highest BCUT2D eigenvalue weighted by Crippen LogP contribution is 2.43. The van der Waals surface area contributed by atoms with Crippen LogP contribution in [0.25, 0.3) is 93.0 Å². The fourth-order valence-electron chi connectivity index (χ4n) is 7.12. The van der Waals surface area contributed by atoms with E-state index < -0.39 is 0 Å². The Bertz CT molecular complexity index is 2760. The van der Waals surface area contributed by atoms with E-state index in [1.54, 1.807) is 0 Å². The van der Waals surface area contributed by atoms with E-state index in [1.165, 1.54) is 47.5 Å². The van der Waals surface area contributed by atoms with Crippen LogP contribution in [-0.4, -0.2) is 19.5 Å². The average Bonchev–Trinajstić information content (AvgIpc) is 3.74. The summed E-state index contributed by atoms with van der Waals surface area (Å²) < 4.78 is 4.95. The maximum absolute atomic E-state index is 5.03. The lowest BCUT2D eigenvalue weighted by Gasteiger charge is -2.13. The smallest absolute Gasteiger partial charge is 0.164 e. The Morgan fingerprint density at radius 1 is 0.380 bits per heavy atom. The molecule has 50 heavy (non-hydrogen) atoms. The molecule has 5 heteroatoms. The van der Waals surface area contributed by atoms with Crippen molar-refractivity contribution >= 4 is 53.3 Å². The van der Waals surface area contributed by atoms with Gasteiger partial charge < -0.3 is 4.57 Å². The molecule has 10 aromatic rings. The molecule has 0 radical (unpaired) electrons. The molecule has 0 N–H and O–H groups in total. The fraction of sp³-hybridized carbons (Fsp3) is 0. The first-order chi connectivity index (χ1) is 24.8. The normalized spacial score (nSPS) is 11.6. The standard InChI is InChI=1S/C45H28N4S/c1-3-14-29(15-4-1)43-46-44(30-16-5-2-6-17-30)48-45(47-43)32-19-13-18-31(26-32)37-27-33(28-38-36-22-9-12-25-41(36)50-42(37)38)49-39-23-10-7-20-34(39)35-21-8-11-24-40(35)49/h1-28H. The summed E-state index contributed by atoms with van der Waals surface area (Å²) in [6.07, 6.45) is 0. The second-order valence-electron chi connectivity index (χ2n) is 12.5. The molecule has 3 aromatic heterocycles. The molecule has 4 nitrogen and oxygen atoms in total. The largest absolute Gasteiger partial charge is 0.309 e. The monoisotopic (exact) mass is 656 g/mol. The maximum Gasteiger partial charge on any atom is 0.164 e. The van der Waals surface area contributed by atoms with Gasteiger partial charge in [0.1, 0.15) is 0 Å². The molecule has 0 aliphatic rings. The van der Waals surface area contributed by atoms with Crippen molar-refractivity contribution in [3.05, 3.63) is 170 Å². The Morgan fingerprint density at radius 2 is 0.880 bits per heavy atom. The molecule has 3 heterocycles. The molecule has 10 rings (SSSR count). The summed E-state index contributed by atoms with van der Waals surface area (Å²) >= 11 is 1.85. The van der Waals surface area contributed by atoms with Gasteiger partial charge in [0.15, 0.2) is 17.5 Å². The van der Waals surface area contributed by atoms with E-state index in [0.29, 0.717) is 17.5 Å². The van der Waals surface area contributed by atoms with Crippen LogP contribution < -0.4 is 0 Å². The van der Waals surface area contributed by atoms with E-state index in [-0.39, 0.29) is 0 Å². The SMILES string of the molecule is c1ccc(-c2nc(-c3ccccc3)nc(-c3cccc(-c4cc(-n5c6ccccc6c6ccccc65)cc5c4sc4ccccc45)c3)n2)cc1. The number of thiophene rings is 1. The minimum absolute atomic E-state index is 0.644. The molecular formula is C45H28N4S. The Kier molecular flexibility index (Phi) is 6.64. The summed E-state index contributed by atoms with van der Waals surface area (Å²) in [5.41, 5.74) is 8.67. The van der Waals surface area contributed by atoms with Gasteiger partial charge in [-0.25, -0.2) is 15.0 Å². The number of fused-ring (bicyclic) bond motifs is 6. The van der Waals surface area contributed by atoms with Crippen molar-refractivity contribution in [2.24, 2.45) is 0 Å². The first-order valence-electron chi connectivity index (χ1n) is 16.7. The molecule has 0 saturated heterocycles. The zero-order valence-corrected chi connectivity index (χ0v) is 27.7. The Balaban J connectivity index is 1.21. The summed E-state index contributed by atoms with van der Waals surface area (Å²) in [5, 5.41) is 5.02. The molecule has 0 bridgehead atoms. The third-order valence-electron chi connectivity index (χ3n) is 9.43. The van der Waals surface area contributed by atoms with Crippen molar-refractivity contribution in [3.8, 4) is 51.0 Å². The lowest BCUT2D eigenvalue weighted by Crippen LogP contribution is -2.00. The average molecular weight is 657 g/mol. The second kappa shape index (κ2) is 11.6. The van der Waals surface area contributed by atoms with E-state index in [0.717, 1.165) is 27.9 Å². The molecule has 0 saturated carbocycles. The van der Waals surface area contributed by atoms with E-state index >= 15 is 0 Å². The molecule has 0 atom stereocenters. The minimum atomic E-state index is 0.644. The lowest BCUT2D eigenvalue weighted by molar-refractivity contribution is 1.07. The third kappa shape index (κ3) is 4.71. The molecule has 0 spiro atoms. The van der Waals surface area contributed by atoms with Crippen LogP contribution in [0.3, 0.4) is 0 Å². The number of hydrogen-bond donors (Lipinski definition) is 0. The van der Waals surface area contributed by atoms with E-state index in [4.69, 9.17) is 15.0 Å². The Morgan fingerprint density at radius 3 is 1.52 bits per heavy atom. The van der Waals surface area contributed by atoms with Crippen LogP contribution in [0.15, 0.2) is 170 Å². The number of rotatable bonds is 5. The highest BCUT2D eigenvalue weighted by molar-refractivity contribution is 7.26. The van der Waals surface area contributed by atoms with Crippen molar-refractivity contribution < 1.29 is 0 Å². The van der Waals surface area contributed by atoms with Crippen molar-refractivity contribution in [1.29, 1.82) is 0 Å². The van der Waals surface area contributed by atoms with Crippen molar-refractivity contribution in [1.82, 2.24) is 19.5 Å². The predicted molar refractivity (Wildman–Crippen MR) is 209 cm³/mol. The number of aromatic nitrogens is 4. The summed E-state index contributed by atoms with van der Waals surface area (Å²) in [4.78, 5) is 15.0. The molecule has 7 aromatic carbocycles. The minimum Gasteiger partial charge on any atom is -0.309 e. The summed E-state index contributed by atoms with van der Waals surface area (Å²) in [6.45, 7) is 0. The molecule has 0 unspecified atom stereocenters.